The van der Waals surface area contributed by atoms with E-state index in [1.165, 1.54) is 7.11 Å². The van der Waals surface area contributed by atoms with Gasteiger partial charge in [-0.1, -0.05) is 29.8 Å². The zero-order chi connectivity index (χ0) is 14.2. The lowest BCUT2D eigenvalue weighted by atomic mass is 10.0. The number of hydrogen-bond acceptors (Lipinski definition) is 3. The van der Waals surface area contributed by atoms with Gasteiger partial charge in [-0.2, -0.15) is 0 Å². The number of carbonyl (C=O) groups excluding carboxylic acids is 1. The van der Waals surface area contributed by atoms with E-state index in [9.17, 15) is 4.79 Å². The van der Waals surface area contributed by atoms with Crippen LogP contribution in [0.5, 0.6) is 0 Å². The Morgan fingerprint density at radius 2 is 2.16 bits per heavy atom. The predicted molar refractivity (Wildman–Crippen MR) is 80.7 cm³/mol. The van der Waals surface area contributed by atoms with Gasteiger partial charge >= 0.3 is 5.97 Å². The first-order chi connectivity index (χ1) is 8.95. The first kappa shape index (κ1) is 14.3. The second-order valence-corrected chi connectivity index (χ2v) is 5.98. The molecule has 0 radical (unpaired) electrons. The number of nitrogens with one attached hydrogen (secondary N) is 1. The number of halogens is 1. The highest BCUT2D eigenvalue weighted by molar-refractivity contribution is 9.10. The lowest BCUT2D eigenvalue weighted by molar-refractivity contribution is -0.145. The molecule has 0 aliphatic carbocycles. The fourth-order valence-corrected chi connectivity index (χ4v) is 2.86. The zero-order valence-corrected chi connectivity index (χ0v) is 13.3. The Morgan fingerprint density at radius 1 is 1.47 bits per heavy atom. The fourth-order valence-electron chi connectivity index (χ4n) is 2.18. The second-order valence-electron chi connectivity index (χ2n) is 4.67. The van der Waals surface area contributed by atoms with Crippen LogP contribution in [0.15, 0.2) is 22.7 Å². The van der Waals surface area contributed by atoms with Crippen molar-refractivity contribution >= 4 is 45.2 Å². The summed E-state index contributed by atoms with van der Waals surface area (Å²) < 4.78 is 8.21. The van der Waals surface area contributed by atoms with Crippen LogP contribution in [0, 0.1) is 10.7 Å². The predicted octanol–water partition coefficient (Wildman–Crippen LogP) is 3.83. The number of imidazole rings is 1. The average molecular weight is 343 g/mol. The van der Waals surface area contributed by atoms with Gasteiger partial charge in [0.25, 0.3) is 0 Å². The van der Waals surface area contributed by atoms with Gasteiger partial charge in [0, 0.05) is 4.47 Å². The molecule has 1 aromatic heterocycles. The number of hydrogen-bond donors (Lipinski definition) is 1. The van der Waals surface area contributed by atoms with Crippen molar-refractivity contribution in [2.75, 3.05) is 7.11 Å². The van der Waals surface area contributed by atoms with Gasteiger partial charge in [0.2, 0.25) is 0 Å². The van der Waals surface area contributed by atoms with E-state index >= 15 is 0 Å². The Kier molecular flexibility index (Phi) is 4.10. The van der Waals surface area contributed by atoms with Crippen molar-refractivity contribution in [1.29, 1.82) is 0 Å². The maximum atomic E-state index is 12.0. The van der Waals surface area contributed by atoms with Gasteiger partial charge in [-0.25, -0.2) is 4.79 Å². The van der Waals surface area contributed by atoms with E-state index < -0.39 is 6.04 Å². The smallest absolute Gasteiger partial charge is 0.329 e. The molecular weight excluding hydrogens is 328 g/mol. The summed E-state index contributed by atoms with van der Waals surface area (Å²) in [7, 11) is 1.40. The molecule has 4 nitrogen and oxygen atoms in total. The second kappa shape index (κ2) is 5.46. The van der Waals surface area contributed by atoms with Crippen LogP contribution < -0.4 is 0 Å². The van der Waals surface area contributed by atoms with E-state index in [4.69, 9.17) is 17.0 Å². The molecule has 0 saturated heterocycles. The quantitative estimate of drug-likeness (QED) is 0.681. The van der Waals surface area contributed by atoms with Crippen molar-refractivity contribution in [3.63, 3.8) is 0 Å². The van der Waals surface area contributed by atoms with Crippen LogP contribution in [0.2, 0.25) is 0 Å². The van der Waals surface area contributed by atoms with Crippen molar-refractivity contribution in [2.45, 2.75) is 19.9 Å². The summed E-state index contributed by atoms with van der Waals surface area (Å²) in [6, 6.07) is 5.38. The molecule has 1 heterocycles. The van der Waals surface area contributed by atoms with Crippen LogP contribution in [0.25, 0.3) is 11.0 Å². The van der Waals surface area contributed by atoms with Crippen LogP contribution in [0.3, 0.4) is 0 Å². The number of aromatic nitrogens is 2. The lowest BCUT2D eigenvalue weighted by Crippen LogP contribution is -2.25. The number of nitrogens with zero attached hydrogens (tertiary/aromatic N) is 1. The number of aromatic amines is 1. The SMILES string of the molecule is COC(=O)C(C(C)C)n1c(=S)[nH]c2cc(Br)ccc21. The largest absolute Gasteiger partial charge is 0.467 e. The van der Waals surface area contributed by atoms with Gasteiger partial charge < -0.3 is 14.3 Å². The average Bonchev–Trinajstić information content (AvgIpc) is 2.65. The minimum Gasteiger partial charge on any atom is -0.467 e. The highest BCUT2D eigenvalue weighted by Gasteiger charge is 2.27. The van der Waals surface area contributed by atoms with Crippen LogP contribution in [-0.2, 0) is 9.53 Å². The molecule has 0 aliphatic rings. The molecule has 1 N–H and O–H groups in total. The first-order valence-electron chi connectivity index (χ1n) is 5.93. The molecule has 102 valence electrons. The Labute approximate surface area is 124 Å². The third-order valence-corrected chi connectivity index (χ3v) is 3.82. The molecule has 1 atom stereocenters. The molecule has 1 aromatic carbocycles. The van der Waals surface area contributed by atoms with Gasteiger partial charge in [-0.05, 0) is 36.3 Å². The minimum atomic E-state index is -0.424. The fraction of sp³-hybridized carbons (Fsp3) is 0.385. The Bertz CT molecular complexity index is 675. The summed E-state index contributed by atoms with van der Waals surface area (Å²) in [4.78, 5) is 15.1. The Balaban J connectivity index is 2.69. The number of benzene rings is 1. The molecule has 0 fully saturated rings. The number of ether oxygens (including phenoxy) is 1. The van der Waals surface area contributed by atoms with E-state index in [2.05, 4.69) is 20.9 Å². The van der Waals surface area contributed by atoms with Crippen LogP contribution in [-0.4, -0.2) is 22.6 Å². The zero-order valence-electron chi connectivity index (χ0n) is 10.9. The van der Waals surface area contributed by atoms with Crippen LogP contribution in [0.4, 0.5) is 0 Å². The normalized spacial score (nSPS) is 12.9. The van der Waals surface area contributed by atoms with Gasteiger partial charge in [-0.15, -0.1) is 0 Å². The topological polar surface area (TPSA) is 47.0 Å². The van der Waals surface area contributed by atoms with Crippen molar-refractivity contribution in [1.82, 2.24) is 9.55 Å². The molecule has 2 aromatic rings. The van der Waals surface area contributed by atoms with Crippen molar-refractivity contribution in [3.05, 3.63) is 27.4 Å². The Morgan fingerprint density at radius 3 is 2.74 bits per heavy atom. The summed E-state index contributed by atoms with van der Waals surface area (Å²) in [5.74, 6) is -0.197. The molecule has 0 aliphatic heterocycles. The van der Waals surface area contributed by atoms with E-state index in [0.717, 1.165) is 15.5 Å². The van der Waals surface area contributed by atoms with Crippen molar-refractivity contribution < 1.29 is 9.53 Å². The lowest BCUT2D eigenvalue weighted by Gasteiger charge is -2.20. The standard InChI is InChI=1S/C13H15BrN2O2S/c1-7(2)11(12(17)18-3)16-10-5-4-8(14)6-9(10)15-13(16)19/h4-7,11H,1-3H3,(H,15,19). The number of carbonyl (C=O) groups is 1. The molecule has 1 unspecified atom stereocenters. The Hall–Kier alpha value is -1.14. The number of H-pyrrole nitrogens is 1. The maximum absolute atomic E-state index is 12.0. The third kappa shape index (κ3) is 2.60. The van der Waals surface area contributed by atoms with Gasteiger partial charge in [-0.3, -0.25) is 0 Å². The third-order valence-electron chi connectivity index (χ3n) is 3.03. The molecule has 0 saturated carbocycles. The highest BCUT2D eigenvalue weighted by atomic mass is 79.9. The highest BCUT2D eigenvalue weighted by Crippen LogP contribution is 2.27. The van der Waals surface area contributed by atoms with Gasteiger partial charge in [0.15, 0.2) is 4.77 Å². The molecule has 2 rings (SSSR count). The van der Waals surface area contributed by atoms with E-state index in [1.807, 2.05) is 36.6 Å². The number of esters is 1. The molecule has 0 bridgehead atoms. The summed E-state index contributed by atoms with van der Waals surface area (Å²) in [6.45, 7) is 3.95. The number of fused-ring (bicyclic) bond motifs is 1. The van der Waals surface area contributed by atoms with Crippen LogP contribution in [0.1, 0.15) is 19.9 Å². The summed E-state index contributed by atoms with van der Waals surface area (Å²) in [5, 5.41) is 0. The monoisotopic (exact) mass is 342 g/mol. The minimum absolute atomic E-state index is 0.0850. The van der Waals surface area contributed by atoms with E-state index in [1.54, 1.807) is 0 Å². The summed E-state index contributed by atoms with van der Waals surface area (Å²) in [5.41, 5.74) is 1.80. The number of rotatable bonds is 3. The molecule has 0 spiro atoms. The molecular formula is C13H15BrN2O2S. The summed E-state index contributed by atoms with van der Waals surface area (Å²) in [6.07, 6.45) is 0. The molecule has 0 amide bonds. The van der Waals surface area contributed by atoms with Crippen molar-refractivity contribution in [3.8, 4) is 0 Å². The van der Waals surface area contributed by atoms with E-state index in [-0.39, 0.29) is 11.9 Å². The maximum Gasteiger partial charge on any atom is 0.329 e. The van der Waals surface area contributed by atoms with E-state index in [0.29, 0.717) is 4.77 Å². The first-order valence-corrected chi connectivity index (χ1v) is 7.13. The molecule has 6 heteroatoms. The van der Waals surface area contributed by atoms with Crippen LogP contribution >= 0.6 is 28.1 Å². The van der Waals surface area contributed by atoms with Crippen molar-refractivity contribution in [2.24, 2.45) is 5.92 Å². The van der Waals surface area contributed by atoms with Gasteiger partial charge in [0.1, 0.15) is 6.04 Å². The summed E-state index contributed by atoms with van der Waals surface area (Å²) >= 11 is 8.76. The molecule has 19 heavy (non-hydrogen) atoms. The van der Waals surface area contributed by atoms with Gasteiger partial charge in [0.05, 0.1) is 18.1 Å². The number of methoxy groups -OCH3 is 1.